The predicted molar refractivity (Wildman–Crippen MR) is 142 cm³/mol. The molecule has 34 heavy (non-hydrogen) atoms. The van der Waals surface area contributed by atoms with E-state index in [9.17, 15) is 9.90 Å². The number of aliphatic hydroxyl groups is 1. The summed E-state index contributed by atoms with van der Waals surface area (Å²) in [5.41, 5.74) is 4.06. The summed E-state index contributed by atoms with van der Waals surface area (Å²) in [6.45, 7) is 0. The van der Waals surface area contributed by atoms with Crippen LogP contribution in [-0.2, 0) is 0 Å². The lowest BCUT2D eigenvalue weighted by Gasteiger charge is -2.31. The summed E-state index contributed by atoms with van der Waals surface area (Å²) in [4.78, 5) is 18.8. The van der Waals surface area contributed by atoms with Crippen molar-refractivity contribution in [1.29, 1.82) is 0 Å². The second kappa shape index (κ2) is 7.68. The van der Waals surface area contributed by atoms with Gasteiger partial charge in [-0.2, -0.15) is 0 Å². The Morgan fingerprint density at radius 2 is 1.62 bits per heavy atom. The zero-order valence-corrected chi connectivity index (χ0v) is 20.2. The minimum atomic E-state index is -0.898. The molecule has 0 amide bonds. The van der Waals surface area contributed by atoms with Gasteiger partial charge in [-0.1, -0.05) is 36.0 Å². The average molecular weight is 496 g/mol. The van der Waals surface area contributed by atoms with Crippen molar-refractivity contribution >= 4 is 72.8 Å². The number of hydrogen-bond acceptors (Lipinski definition) is 6. The van der Waals surface area contributed by atoms with E-state index in [1.54, 1.807) is 34.4 Å². The highest BCUT2D eigenvalue weighted by molar-refractivity contribution is 7.99. The number of ketones is 1. The molecule has 0 saturated heterocycles. The third-order valence-electron chi connectivity index (χ3n) is 6.28. The Kier molecular flexibility index (Phi) is 4.57. The normalized spacial score (nSPS) is 17.8. The fraction of sp³-hybridized carbons (Fsp3) is 0.0357. The smallest absolute Gasteiger partial charge is 0.192 e. The SMILES string of the molecule is O=C1/C(=C/c2ccc(N3c4ccccc4Sc4ccccc43)s2)C(O)c2cc3ccsc3cc21. The quantitative estimate of drug-likeness (QED) is 0.246. The monoisotopic (exact) mass is 495 g/mol. The number of benzene rings is 3. The Morgan fingerprint density at radius 3 is 2.38 bits per heavy atom. The summed E-state index contributed by atoms with van der Waals surface area (Å²) in [5.74, 6) is -0.0854. The summed E-state index contributed by atoms with van der Waals surface area (Å²) in [6.07, 6.45) is 0.955. The molecule has 2 aromatic heterocycles. The van der Waals surface area contributed by atoms with Crippen molar-refractivity contribution in [3.05, 3.63) is 106 Å². The summed E-state index contributed by atoms with van der Waals surface area (Å²) in [6, 6.07) is 26.8. The molecule has 1 N–H and O–H groups in total. The molecular weight excluding hydrogens is 479 g/mol. The van der Waals surface area contributed by atoms with Gasteiger partial charge in [0, 0.05) is 30.5 Å². The minimum absolute atomic E-state index is 0.0854. The Labute approximate surface area is 208 Å². The highest BCUT2D eigenvalue weighted by atomic mass is 32.2. The molecule has 1 aliphatic carbocycles. The van der Waals surface area contributed by atoms with Crippen LogP contribution in [0.1, 0.15) is 26.9 Å². The van der Waals surface area contributed by atoms with Crippen LogP contribution in [0.3, 0.4) is 0 Å². The van der Waals surface area contributed by atoms with Gasteiger partial charge in [0.1, 0.15) is 11.1 Å². The Balaban J connectivity index is 1.29. The zero-order valence-electron chi connectivity index (χ0n) is 17.8. The first-order valence-electron chi connectivity index (χ1n) is 10.9. The molecule has 3 nitrogen and oxygen atoms in total. The van der Waals surface area contributed by atoms with Crippen LogP contribution in [0.15, 0.2) is 99.6 Å². The molecule has 2 aliphatic rings. The summed E-state index contributed by atoms with van der Waals surface area (Å²) < 4.78 is 1.07. The van der Waals surface area contributed by atoms with Gasteiger partial charge in [-0.25, -0.2) is 0 Å². The minimum Gasteiger partial charge on any atom is -0.383 e. The molecule has 1 aliphatic heterocycles. The maximum Gasteiger partial charge on any atom is 0.192 e. The fourth-order valence-electron chi connectivity index (χ4n) is 4.68. The molecule has 6 heteroatoms. The number of para-hydroxylation sites is 2. The van der Waals surface area contributed by atoms with Crippen molar-refractivity contribution in [1.82, 2.24) is 0 Å². The molecule has 1 atom stereocenters. The van der Waals surface area contributed by atoms with E-state index in [2.05, 4.69) is 59.5 Å². The topological polar surface area (TPSA) is 40.5 Å². The number of fused-ring (bicyclic) bond motifs is 4. The van der Waals surface area contributed by atoms with E-state index in [1.807, 2.05) is 35.7 Å². The lowest BCUT2D eigenvalue weighted by molar-refractivity contribution is 0.102. The number of nitrogens with zero attached hydrogens (tertiary/aromatic N) is 1. The number of carbonyl (C=O) groups is 1. The maximum absolute atomic E-state index is 13.2. The summed E-state index contributed by atoms with van der Waals surface area (Å²) in [7, 11) is 0. The lowest BCUT2D eigenvalue weighted by atomic mass is 10.1. The first-order valence-corrected chi connectivity index (χ1v) is 13.4. The predicted octanol–water partition coefficient (Wildman–Crippen LogP) is 8.21. The number of hydrogen-bond donors (Lipinski definition) is 1. The highest BCUT2D eigenvalue weighted by Crippen LogP contribution is 2.52. The Morgan fingerprint density at radius 1 is 0.882 bits per heavy atom. The van der Waals surface area contributed by atoms with E-state index in [-0.39, 0.29) is 5.78 Å². The van der Waals surface area contributed by atoms with E-state index in [0.29, 0.717) is 16.7 Å². The highest BCUT2D eigenvalue weighted by Gasteiger charge is 2.34. The summed E-state index contributed by atoms with van der Waals surface area (Å²) >= 11 is 5.01. The van der Waals surface area contributed by atoms with Crippen LogP contribution in [0.5, 0.6) is 0 Å². The zero-order chi connectivity index (χ0) is 22.8. The van der Waals surface area contributed by atoms with Crippen molar-refractivity contribution in [3.8, 4) is 0 Å². The Bertz CT molecular complexity index is 1600. The van der Waals surface area contributed by atoms with Crippen LogP contribution < -0.4 is 4.90 Å². The van der Waals surface area contributed by atoms with Gasteiger partial charge in [-0.3, -0.25) is 9.69 Å². The number of Topliss-reactive ketones (excluding diaryl/α,β-unsaturated/α-hetero) is 1. The molecule has 1 unspecified atom stereocenters. The van der Waals surface area contributed by atoms with Crippen molar-refractivity contribution in [2.75, 3.05) is 4.90 Å². The molecule has 0 bridgehead atoms. The van der Waals surface area contributed by atoms with Gasteiger partial charge in [0.05, 0.1) is 11.4 Å². The maximum atomic E-state index is 13.2. The largest absolute Gasteiger partial charge is 0.383 e. The van der Waals surface area contributed by atoms with Gasteiger partial charge in [-0.05, 0) is 77.0 Å². The molecule has 0 spiro atoms. The molecule has 5 aromatic rings. The van der Waals surface area contributed by atoms with Gasteiger partial charge in [0.25, 0.3) is 0 Å². The van der Waals surface area contributed by atoms with E-state index in [1.165, 1.54) is 9.79 Å². The molecular formula is C28H17NO2S3. The van der Waals surface area contributed by atoms with Crippen molar-refractivity contribution in [2.24, 2.45) is 0 Å². The second-order valence-electron chi connectivity index (χ2n) is 8.28. The van der Waals surface area contributed by atoms with E-state index >= 15 is 0 Å². The van der Waals surface area contributed by atoms with Crippen LogP contribution >= 0.6 is 34.4 Å². The number of rotatable bonds is 2. The third kappa shape index (κ3) is 3.03. The van der Waals surface area contributed by atoms with Crippen LogP contribution in [0.2, 0.25) is 0 Å². The van der Waals surface area contributed by atoms with Crippen LogP contribution in [-0.4, -0.2) is 10.9 Å². The van der Waals surface area contributed by atoms with Gasteiger partial charge >= 0.3 is 0 Å². The van der Waals surface area contributed by atoms with E-state index < -0.39 is 6.10 Å². The molecule has 0 saturated carbocycles. The molecule has 0 radical (unpaired) electrons. The number of thiophene rings is 2. The van der Waals surface area contributed by atoms with E-state index in [4.69, 9.17) is 0 Å². The number of anilines is 3. The summed E-state index contributed by atoms with van der Waals surface area (Å²) in [5, 5.41) is 15.1. The van der Waals surface area contributed by atoms with Crippen molar-refractivity contribution in [2.45, 2.75) is 15.9 Å². The molecule has 164 valence electrons. The second-order valence-corrected chi connectivity index (χ2v) is 11.4. The average Bonchev–Trinajstić information content (AvgIpc) is 3.57. The van der Waals surface area contributed by atoms with Crippen molar-refractivity contribution in [3.63, 3.8) is 0 Å². The van der Waals surface area contributed by atoms with Gasteiger partial charge in [0.15, 0.2) is 5.78 Å². The molecule has 0 fully saturated rings. The van der Waals surface area contributed by atoms with Gasteiger partial charge in [0.2, 0.25) is 0 Å². The first-order chi connectivity index (χ1) is 16.7. The fourth-order valence-corrected chi connectivity index (χ4v) is 7.53. The van der Waals surface area contributed by atoms with Gasteiger partial charge in [-0.15, -0.1) is 22.7 Å². The lowest BCUT2D eigenvalue weighted by Crippen LogP contribution is -2.13. The van der Waals surface area contributed by atoms with Crippen LogP contribution in [0.4, 0.5) is 16.4 Å². The number of aliphatic hydroxyl groups excluding tert-OH is 1. The standard InChI is InChI=1S/C28H17NO2S3/c30-27-18-13-16-11-12-32-25(16)15-19(18)28(31)20(27)14-17-9-10-26(33-17)29-21-5-1-3-7-23(21)34-24-8-4-2-6-22(24)29/h1-15,27,30H/b20-14+. The van der Waals surface area contributed by atoms with Crippen LogP contribution in [0.25, 0.3) is 16.2 Å². The van der Waals surface area contributed by atoms with Gasteiger partial charge < -0.3 is 5.11 Å². The Hall–Kier alpha value is -3.16. The molecule has 7 rings (SSSR count). The molecule has 3 heterocycles. The number of carbonyl (C=O) groups excluding carboxylic acids is 1. The van der Waals surface area contributed by atoms with Crippen LogP contribution in [0, 0.1) is 0 Å². The third-order valence-corrected chi connectivity index (χ3v) is 9.31. The van der Waals surface area contributed by atoms with Crippen molar-refractivity contribution < 1.29 is 9.90 Å². The van der Waals surface area contributed by atoms with E-state index in [0.717, 1.165) is 31.3 Å². The molecule has 3 aromatic carbocycles. The first kappa shape index (κ1) is 20.2.